The first-order valence-electron chi connectivity index (χ1n) is 14.6. The number of unbranched alkanes of at least 4 members (excludes halogenated alkanes) is 3. The van der Waals surface area contributed by atoms with Gasteiger partial charge >= 0.3 is 0 Å². The molecule has 2 aromatic heterocycles. The smallest absolute Gasteiger partial charge is 0.274 e. The van der Waals surface area contributed by atoms with Crippen molar-refractivity contribution in [2.75, 3.05) is 6.54 Å². The number of benzene rings is 2. The first-order chi connectivity index (χ1) is 20.8. The molecule has 234 valence electrons. The van der Waals surface area contributed by atoms with Crippen molar-refractivity contribution >= 4 is 22.7 Å². The van der Waals surface area contributed by atoms with E-state index in [1.807, 2.05) is 0 Å². The van der Waals surface area contributed by atoms with Crippen molar-refractivity contribution in [2.45, 2.75) is 65.4 Å². The van der Waals surface area contributed by atoms with Gasteiger partial charge in [0.05, 0.1) is 5.60 Å². The van der Waals surface area contributed by atoms with Crippen LogP contribution in [0.4, 0.5) is 4.39 Å². The average Bonchev–Trinajstić information content (AvgIpc) is 3.41. The fraction of sp³-hybridized carbons (Fsp3) is 0.364. The van der Waals surface area contributed by atoms with E-state index in [4.69, 9.17) is 9.94 Å². The number of aryl methyl sites for hydroxylation is 3. The maximum Gasteiger partial charge on any atom is 0.274 e. The molecule has 0 aliphatic rings. The molecule has 0 saturated heterocycles. The summed E-state index contributed by atoms with van der Waals surface area (Å²) in [6.07, 6.45) is 4.81. The zero-order valence-electron chi connectivity index (χ0n) is 25.6. The Labute approximate surface area is 254 Å². The van der Waals surface area contributed by atoms with Crippen LogP contribution in [0, 0.1) is 19.7 Å². The monoisotopic (exact) mass is 606 g/mol. The fourth-order valence-electron chi connectivity index (χ4n) is 5.17. The summed E-state index contributed by atoms with van der Waals surface area (Å²) in [5.41, 5.74) is 3.59. The Morgan fingerprint density at radius 2 is 1.70 bits per heavy atom. The van der Waals surface area contributed by atoms with Crippen LogP contribution < -0.4 is 21.1 Å². The molecular formula is C33H39FN4O6. The molecule has 0 atom stereocenters. The van der Waals surface area contributed by atoms with Crippen molar-refractivity contribution in [2.24, 2.45) is 7.05 Å². The van der Waals surface area contributed by atoms with Crippen LogP contribution in [0.5, 0.6) is 11.5 Å². The number of H-pyrrole nitrogens is 1. The third-order valence-electron chi connectivity index (χ3n) is 7.56. The van der Waals surface area contributed by atoms with Gasteiger partial charge in [0.15, 0.2) is 0 Å². The summed E-state index contributed by atoms with van der Waals surface area (Å²) >= 11 is 0. The highest BCUT2D eigenvalue weighted by molar-refractivity contribution is 6.03. The lowest BCUT2D eigenvalue weighted by Crippen LogP contribution is -2.25. The zero-order chi connectivity index (χ0) is 32.2. The third-order valence-corrected chi connectivity index (χ3v) is 7.56. The van der Waals surface area contributed by atoms with Crippen LogP contribution in [0.25, 0.3) is 22.0 Å². The van der Waals surface area contributed by atoms with E-state index in [1.54, 1.807) is 70.7 Å². The number of nitrogens with one attached hydrogen (secondary N) is 3. The summed E-state index contributed by atoms with van der Waals surface area (Å²) in [7, 11) is 1.62. The number of nitrogens with zero attached hydrogens (tertiary/aromatic N) is 1. The molecule has 4 rings (SSSR count). The summed E-state index contributed by atoms with van der Waals surface area (Å²) in [4.78, 5) is 40.3. The second-order valence-electron chi connectivity index (χ2n) is 11.6. The minimum absolute atomic E-state index is 0.218. The number of aromatic amines is 1. The Morgan fingerprint density at radius 3 is 2.36 bits per heavy atom. The van der Waals surface area contributed by atoms with Crippen molar-refractivity contribution < 1.29 is 29.0 Å². The highest BCUT2D eigenvalue weighted by Gasteiger charge is 2.23. The van der Waals surface area contributed by atoms with Crippen LogP contribution in [0.2, 0.25) is 0 Å². The van der Waals surface area contributed by atoms with E-state index in [-0.39, 0.29) is 34.9 Å². The van der Waals surface area contributed by atoms with Gasteiger partial charge in [-0.2, -0.15) is 0 Å². The SMILES string of the molecule is Cc1cc(F)cc(C)c1Oc1ccc(C(C)(C)O)cc1-c1cn(C)c(=O)c2[nH]c(C(=O)NCCCCCCC(=O)NO)cc12. The molecule has 0 spiro atoms. The van der Waals surface area contributed by atoms with Crippen LogP contribution in [0.3, 0.4) is 0 Å². The average molecular weight is 607 g/mol. The number of rotatable bonds is 12. The molecule has 2 heterocycles. The van der Waals surface area contributed by atoms with E-state index in [0.717, 1.165) is 12.8 Å². The van der Waals surface area contributed by atoms with Gasteiger partial charge in [0, 0.05) is 42.7 Å². The molecule has 4 aromatic rings. The fourth-order valence-corrected chi connectivity index (χ4v) is 5.17. The van der Waals surface area contributed by atoms with Gasteiger partial charge in [-0.3, -0.25) is 19.6 Å². The van der Waals surface area contributed by atoms with E-state index in [9.17, 15) is 23.9 Å². The maximum atomic E-state index is 14.0. The van der Waals surface area contributed by atoms with Crippen LogP contribution in [0.15, 0.2) is 47.4 Å². The van der Waals surface area contributed by atoms with E-state index < -0.39 is 11.5 Å². The van der Waals surface area contributed by atoms with Gasteiger partial charge in [-0.1, -0.05) is 18.9 Å². The molecule has 2 aromatic carbocycles. The van der Waals surface area contributed by atoms with Crippen molar-refractivity contribution in [3.8, 4) is 22.6 Å². The number of fused-ring (bicyclic) bond motifs is 1. The molecule has 0 aliphatic heterocycles. The van der Waals surface area contributed by atoms with Gasteiger partial charge in [0.1, 0.15) is 28.5 Å². The van der Waals surface area contributed by atoms with Gasteiger partial charge in [-0.15, -0.1) is 0 Å². The molecule has 0 bridgehead atoms. The van der Waals surface area contributed by atoms with Crippen molar-refractivity contribution in [3.63, 3.8) is 0 Å². The van der Waals surface area contributed by atoms with Crippen LogP contribution >= 0.6 is 0 Å². The summed E-state index contributed by atoms with van der Waals surface area (Å²) in [6.45, 7) is 7.26. The Balaban J connectivity index is 1.68. The summed E-state index contributed by atoms with van der Waals surface area (Å²) in [5, 5.41) is 22.7. The lowest BCUT2D eigenvalue weighted by atomic mass is 9.93. The molecule has 0 saturated carbocycles. The molecule has 0 fully saturated rings. The van der Waals surface area contributed by atoms with Gasteiger partial charge in [-0.05, 0) is 87.6 Å². The number of carbonyl (C=O) groups excluding carboxylic acids is 2. The normalized spacial score (nSPS) is 11.5. The van der Waals surface area contributed by atoms with Gasteiger partial charge < -0.3 is 24.7 Å². The minimum Gasteiger partial charge on any atom is -0.456 e. The Hall–Kier alpha value is -4.48. The van der Waals surface area contributed by atoms with E-state index in [0.29, 0.717) is 64.1 Å². The number of hydrogen-bond donors (Lipinski definition) is 5. The van der Waals surface area contributed by atoms with Crippen LogP contribution in [-0.2, 0) is 17.4 Å². The number of aliphatic hydroxyl groups is 1. The van der Waals surface area contributed by atoms with E-state index in [2.05, 4.69) is 10.3 Å². The quantitative estimate of drug-likeness (QED) is 0.0819. The topological polar surface area (TPSA) is 146 Å². The molecule has 10 nitrogen and oxygen atoms in total. The maximum absolute atomic E-state index is 14.0. The molecule has 11 heteroatoms. The van der Waals surface area contributed by atoms with Crippen molar-refractivity contribution in [1.29, 1.82) is 0 Å². The largest absolute Gasteiger partial charge is 0.456 e. The molecular weight excluding hydrogens is 567 g/mol. The lowest BCUT2D eigenvalue weighted by molar-refractivity contribution is -0.129. The van der Waals surface area contributed by atoms with Crippen LogP contribution in [0.1, 0.15) is 73.1 Å². The molecule has 2 amide bonds. The predicted molar refractivity (Wildman–Crippen MR) is 166 cm³/mol. The van der Waals surface area contributed by atoms with E-state index >= 15 is 0 Å². The summed E-state index contributed by atoms with van der Waals surface area (Å²) < 4.78 is 21.8. The Kier molecular flexibility index (Phi) is 9.91. The number of hydroxylamine groups is 1. The Morgan fingerprint density at radius 1 is 1.02 bits per heavy atom. The van der Waals surface area contributed by atoms with Gasteiger partial charge in [0.2, 0.25) is 5.91 Å². The van der Waals surface area contributed by atoms with Gasteiger partial charge in [-0.25, -0.2) is 9.87 Å². The molecule has 5 N–H and O–H groups in total. The highest BCUT2D eigenvalue weighted by atomic mass is 19.1. The number of pyridine rings is 1. The van der Waals surface area contributed by atoms with Gasteiger partial charge in [0.25, 0.3) is 11.5 Å². The standard InChI is InChI=1S/C33H39FN4O6/c1-19-14-22(34)15-20(2)30(19)44-27-12-11-21(33(3,4)42)16-23(27)25-18-38(5)32(41)29-24(25)17-26(36-29)31(40)35-13-9-7-6-8-10-28(39)37-43/h11-12,14-18,36,42-43H,6-10,13H2,1-5H3,(H,35,40)(H,37,39). The number of halogens is 1. The number of hydrogen-bond acceptors (Lipinski definition) is 6. The van der Waals surface area contributed by atoms with E-state index in [1.165, 1.54) is 16.7 Å². The zero-order valence-corrected chi connectivity index (χ0v) is 25.6. The second-order valence-corrected chi connectivity index (χ2v) is 11.6. The van der Waals surface area contributed by atoms with Crippen molar-refractivity contribution in [3.05, 3.63) is 81.2 Å². The summed E-state index contributed by atoms with van der Waals surface area (Å²) in [6, 6.07) is 9.69. The first-order valence-corrected chi connectivity index (χ1v) is 14.6. The first kappa shape index (κ1) is 32.4. The summed E-state index contributed by atoms with van der Waals surface area (Å²) in [5.74, 6) is -0.230. The number of aromatic nitrogens is 2. The predicted octanol–water partition coefficient (Wildman–Crippen LogP) is 5.49. The number of ether oxygens (including phenoxy) is 1. The molecule has 44 heavy (non-hydrogen) atoms. The third kappa shape index (κ3) is 7.35. The number of amides is 2. The Bertz CT molecular complexity index is 1730. The van der Waals surface area contributed by atoms with Crippen molar-refractivity contribution in [1.82, 2.24) is 20.3 Å². The number of carbonyl (C=O) groups is 2. The lowest BCUT2D eigenvalue weighted by Gasteiger charge is -2.22. The molecule has 0 unspecified atom stereocenters. The molecule has 0 aliphatic carbocycles. The molecule has 0 radical (unpaired) electrons. The van der Waals surface area contributed by atoms with Crippen LogP contribution in [-0.4, -0.2) is 38.2 Å². The highest BCUT2D eigenvalue weighted by Crippen LogP contribution is 2.40. The second kappa shape index (κ2) is 13.4. The minimum atomic E-state index is -1.18.